The number of H-pyrrole nitrogens is 4. The van der Waals surface area contributed by atoms with Crippen molar-refractivity contribution < 1.29 is 9.59 Å². The van der Waals surface area contributed by atoms with Gasteiger partial charge in [0.15, 0.2) is 0 Å². The lowest BCUT2D eigenvalue weighted by atomic mass is 9.78. The fourth-order valence-electron chi connectivity index (χ4n) is 15.5. The second kappa shape index (κ2) is 26.8. The zero-order chi connectivity index (χ0) is 80.2. The number of hydrogen-bond acceptors (Lipinski definition) is 6. The maximum Gasteiger partial charge on any atom is 0.227 e. The average Bonchev–Trinajstić information content (AvgIpc) is 1.58. The molecule has 10 nitrogen and oxygen atoms in total. The Bertz CT molecular complexity index is 5550. The van der Waals surface area contributed by atoms with Crippen LogP contribution in [-0.4, -0.2) is 54.3 Å². The molecule has 10 heteroatoms. The molecule has 10 heterocycles. The van der Waals surface area contributed by atoms with Crippen molar-refractivity contribution in [3.05, 3.63) is 340 Å². The molecular weight excluding hydrogens is 1370 g/mol. The van der Waals surface area contributed by atoms with E-state index in [0.717, 1.165) is 123 Å². The Hall–Kier alpha value is -11.1. The van der Waals surface area contributed by atoms with E-state index < -0.39 is 0 Å². The van der Waals surface area contributed by atoms with Gasteiger partial charge >= 0.3 is 0 Å². The zero-order valence-corrected chi connectivity index (χ0v) is 70.1. The number of nitrogens with zero attached hydrogens (tertiary/aromatic N) is 4. The average molecular weight is 1480 g/mol. The first-order valence-electron chi connectivity index (χ1n) is 39.7. The minimum Gasteiger partial charge on any atom is -0.354 e. The molecule has 0 spiro atoms. The summed E-state index contributed by atoms with van der Waals surface area (Å²) >= 11 is 0. The highest BCUT2D eigenvalue weighted by Gasteiger charge is 2.34. The van der Waals surface area contributed by atoms with Crippen molar-refractivity contribution >= 4 is 67.9 Å². The largest absolute Gasteiger partial charge is 0.354 e. The molecule has 16 bridgehead atoms. The van der Waals surface area contributed by atoms with Gasteiger partial charge in [-0.15, -0.1) is 0 Å². The van der Waals surface area contributed by atoms with E-state index in [1.54, 1.807) is 0 Å². The van der Waals surface area contributed by atoms with E-state index in [4.69, 9.17) is 20.0 Å². The van der Waals surface area contributed by atoms with Crippen molar-refractivity contribution in [1.29, 1.82) is 0 Å². The number of fused-ring (bicyclic) bond motifs is 12. The number of nitrogens with one attached hydrogen (secondary N) is 4. The predicted molar refractivity (Wildman–Crippen MR) is 468 cm³/mol. The van der Waals surface area contributed by atoms with Crippen LogP contribution in [0.4, 0.5) is 0 Å². The summed E-state index contributed by atoms with van der Waals surface area (Å²) in [6, 6.07) is 53.2. The van der Waals surface area contributed by atoms with Gasteiger partial charge in [-0.3, -0.25) is 9.59 Å². The van der Waals surface area contributed by atoms with Crippen LogP contribution in [0.2, 0.25) is 0 Å². The Morgan fingerprint density at radius 2 is 0.384 bits per heavy atom. The number of hydrogen-bond donors (Lipinski definition) is 4. The molecule has 0 atom stereocenters. The Morgan fingerprint density at radius 3 is 0.598 bits per heavy atom. The molecular formula is C102H108N8O2. The summed E-state index contributed by atoms with van der Waals surface area (Å²) in [6.45, 7) is 54.3. The van der Waals surface area contributed by atoms with Gasteiger partial charge in [-0.1, -0.05) is 263 Å². The van der Waals surface area contributed by atoms with E-state index in [1.165, 1.54) is 44.5 Å². The van der Waals surface area contributed by atoms with Gasteiger partial charge in [0.1, 0.15) is 11.4 Å². The lowest BCUT2D eigenvalue weighted by molar-refractivity contribution is 0.105. The van der Waals surface area contributed by atoms with Gasteiger partial charge in [0.25, 0.3) is 0 Å². The van der Waals surface area contributed by atoms with E-state index in [9.17, 15) is 0 Å². The number of allylic oxidation sites excluding steroid dienone is 8. The molecule has 6 aliphatic heterocycles. The van der Waals surface area contributed by atoms with Crippen LogP contribution in [0.25, 0.3) is 33.4 Å². The molecule has 0 radical (unpaired) electrons. The molecule has 4 N–H and O–H groups in total. The SMILES string of the molecule is CC(C)(C)c1cc(C2=C3C=CC(=N3)C(=c3ccc(=C4C5=NC(=C(c6cc(C(C)(C)C)cc(C(C)(C)C)c6)c6ccc([nH]6)C(=O)C6=NC(=C(c7cc(C(C)(C)C)cc(C(C)(C)C)c7)c7ccc4[nH]7)C=C6)C=C5)cc3)c3ccc([nH]3)C(c3cc(C(C)(C)C)cc(C(C)(C)C)c3)=C3C=CC(=N3)C(=O)c3ccc2[nH]3)cc(C(C)(C)C)c1. The monoisotopic (exact) mass is 1480 g/mol. The Balaban J connectivity index is 1.03. The summed E-state index contributed by atoms with van der Waals surface area (Å²) < 4.78 is 0. The minimum absolute atomic E-state index is 0.184. The Kier molecular flexibility index (Phi) is 18.3. The molecule has 4 aromatic heterocycles. The third-order valence-corrected chi connectivity index (χ3v) is 22.7. The fourth-order valence-corrected chi connectivity index (χ4v) is 15.5. The first-order chi connectivity index (χ1) is 52.3. The topological polar surface area (TPSA) is 147 Å². The molecule has 9 aromatic rings. The molecule has 15 rings (SSSR count). The number of ketones is 2. The van der Waals surface area contributed by atoms with E-state index >= 15 is 9.59 Å². The predicted octanol–water partition coefficient (Wildman–Crippen LogP) is 22.7. The number of Topliss-reactive ketones (excluding diaryl/α,β-unsaturated/α-hetero) is 2. The molecule has 0 saturated heterocycles. The second-order valence-corrected chi connectivity index (χ2v) is 39.7. The Morgan fingerprint density at radius 1 is 0.205 bits per heavy atom. The maximum atomic E-state index is 15.1. The van der Waals surface area contributed by atoms with Crippen molar-refractivity contribution in [3.8, 4) is 0 Å². The van der Waals surface area contributed by atoms with E-state index in [2.05, 4.69) is 332 Å². The maximum absolute atomic E-state index is 15.1. The van der Waals surface area contributed by atoms with Crippen LogP contribution in [0.5, 0.6) is 0 Å². The molecule has 5 aromatic carbocycles. The van der Waals surface area contributed by atoms with Gasteiger partial charge in [0, 0.05) is 67.6 Å². The van der Waals surface area contributed by atoms with Crippen molar-refractivity contribution in [3.63, 3.8) is 0 Å². The minimum atomic E-state index is -0.197. The number of rotatable bonds is 4. The summed E-state index contributed by atoms with van der Waals surface area (Å²) in [5.74, 6) is -0.395. The molecule has 0 fully saturated rings. The van der Waals surface area contributed by atoms with E-state index in [0.29, 0.717) is 34.2 Å². The van der Waals surface area contributed by atoms with Gasteiger partial charge in [-0.05, 0) is 218 Å². The van der Waals surface area contributed by atoms with Crippen LogP contribution in [0.15, 0.2) is 237 Å². The van der Waals surface area contributed by atoms with Crippen LogP contribution in [0, 0.1) is 0 Å². The number of aromatic amines is 4. The van der Waals surface area contributed by atoms with Gasteiger partial charge in [-0.2, -0.15) is 0 Å². The number of aromatic nitrogens is 4. The molecule has 0 unspecified atom stereocenters. The van der Waals surface area contributed by atoms with Gasteiger partial charge in [0.05, 0.1) is 45.6 Å². The number of benzene rings is 5. The lowest BCUT2D eigenvalue weighted by Crippen LogP contribution is -2.19. The van der Waals surface area contributed by atoms with Crippen LogP contribution in [0.1, 0.15) is 288 Å². The van der Waals surface area contributed by atoms with Gasteiger partial charge < -0.3 is 19.9 Å². The molecule has 0 saturated carbocycles. The van der Waals surface area contributed by atoms with Crippen molar-refractivity contribution in [2.75, 3.05) is 0 Å². The zero-order valence-electron chi connectivity index (χ0n) is 70.1. The first kappa shape index (κ1) is 76.3. The molecule has 0 amide bonds. The number of carbonyl (C=O) groups is 2. The third kappa shape index (κ3) is 14.6. The molecule has 6 aliphatic rings. The van der Waals surface area contributed by atoms with Crippen LogP contribution >= 0.6 is 0 Å². The normalized spacial score (nSPS) is 16.5. The standard InChI is InChI=1S/C102H108N8O2/c1-95(2,3)63-45-59(46-64(53-63)96(4,5)6)89-75-33-29-71(103-75)87(72-30-34-76(104-72)90(60-47-65(97(7,8)9)54-66(48-60)98(10,11)12)80-38-42-84(108-80)93(111)83-41-37-79(89)107-83)57-25-27-58(28-26-57)88-73-31-35-77(105-73)91(61-49-67(99(13,14)15)55-68(50-61)100(16,17)18)81-39-43-85(109-81)94(112)86-44-40-82(110-86)92(78-36-32-74(88)106-78)62-51-69(101(19,20)21)56-70(52-62)102(22,23)24/h25-56,103,105,108,110H,1-24H3. The highest BCUT2D eigenvalue weighted by atomic mass is 16.1. The van der Waals surface area contributed by atoms with Gasteiger partial charge in [0.2, 0.25) is 11.6 Å². The van der Waals surface area contributed by atoms with Crippen molar-refractivity contribution in [2.45, 2.75) is 209 Å². The summed E-state index contributed by atoms with van der Waals surface area (Å²) in [4.78, 5) is 67.7. The first-order valence-corrected chi connectivity index (χ1v) is 39.7. The van der Waals surface area contributed by atoms with E-state index in [1.807, 2.05) is 48.6 Å². The quantitative estimate of drug-likeness (QED) is 0.139. The van der Waals surface area contributed by atoms with Crippen LogP contribution < -0.4 is 10.4 Å². The fraction of sp³-hybridized carbons (Fsp3) is 0.314. The summed E-state index contributed by atoms with van der Waals surface area (Å²) in [5, 5.41) is 1.87. The molecule has 0 aliphatic carbocycles. The molecule has 112 heavy (non-hydrogen) atoms. The third-order valence-electron chi connectivity index (χ3n) is 22.7. The summed E-state index contributed by atoms with van der Waals surface area (Å²) in [6.07, 6.45) is 16.3. The number of aliphatic imine (C=N–C) groups is 4. The highest BCUT2D eigenvalue weighted by Crippen LogP contribution is 2.45. The summed E-state index contributed by atoms with van der Waals surface area (Å²) in [5.41, 5.74) is 28.4. The van der Waals surface area contributed by atoms with Gasteiger partial charge in [-0.25, -0.2) is 20.0 Å². The van der Waals surface area contributed by atoms with Crippen LogP contribution in [-0.2, 0) is 43.3 Å². The number of carbonyl (C=O) groups excluding carboxylic acids is 2. The molecule has 568 valence electrons. The van der Waals surface area contributed by atoms with Crippen molar-refractivity contribution in [2.24, 2.45) is 20.0 Å². The smallest absolute Gasteiger partial charge is 0.227 e. The highest BCUT2D eigenvalue weighted by molar-refractivity contribution is 6.51. The van der Waals surface area contributed by atoms with Crippen LogP contribution in [0.3, 0.4) is 0 Å². The lowest BCUT2D eigenvalue weighted by Gasteiger charge is -2.27. The van der Waals surface area contributed by atoms with E-state index in [-0.39, 0.29) is 54.9 Å². The summed E-state index contributed by atoms with van der Waals surface area (Å²) in [7, 11) is 0. The Labute approximate surface area is 662 Å². The second-order valence-electron chi connectivity index (χ2n) is 39.7. The van der Waals surface area contributed by atoms with Crippen molar-refractivity contribution in [1.82, 2.24) is 19.9 Å².